The van der Waals surface area contributed by atoms with Gasteiger partial charge >= 0.3 is 0 Å². The average molecular weight is 391 g/mol. The van der Waals surface area contributed by atoms with Crippen molar-refractivity contribution in [2.75, 3.05) is 5.32 Å². The number of benzene rings is 2. The van der Waals surface area contributed by atoms with Gasteiger partial charge in [0.2, 0.25) is 11.8 Å². The van der Waals surface area contributed by atoms with Crippen LogP contribution in [0.1, 0.15) is 33.3 Å². The number of amides is 2. The number of hydrogen-bond acceptors (Lipinski definition) is 2. The van der Waals surface area contributed by atoms with E-state index in [-0.39, 0.29) is 17.0 Å². The summed E-state index contributed by atoms with van der Waals surface area (Å²) in [5, 5.41) is 2.56. The summed E-state index contributed by atoms with van der Waals surface area (Å²) in [5.41, 5.74) is 0.0208. The maximum absolute atomic E-state index is 13.3. The zero-order valence-electron chi connectivity index (χ0n) is 15.9. The monoisotopic (exact) mass is 390 g/mol. The Labute approximate surface area is 164 Å². The lowest BCUT2D eigenvalue weighted by atomic mass is 9.89. The van der Waals surface area contributed by atoms with Gasteiger partial charge < -0.3 is 10.2 Å². The SMILES string of the molecule is CC(C)N(Cc1ccccc1)C(=O)C(C)(C)C(=O)Nc1ccc(F)c(Cl)c1. The van der Waals surface area contributed by atoms with E-state index in [1.165, 1.54) is 18.2 Å². The van der Waals surface area contributed by atoms with Gasteiger partial charge in [-0.1, -0.05) is 41.9 Å². The fourth-order valence-corrected chi connectivity index (χ4v) is 2.77. The van der Waals surface area contributed by atoms with Gasteiger partial charge in [0.1, 0.15) is 11.2 Å². The van der Waals surface area contributed by atoms with E-state index in [9.17, 15) is 14.0 Å². The molecule has 0 aliphatic rings. The summed E-state index contributed by atoms with van der Waals surface area (Å²) in [6, 6.07) is 13.4. The molecule has 27 heavy (non-hydrogen) atoms. The Balaban J connectivity index is 2.19. The van der Waals surface area contributed by atoms with Gasteiger partial charge in [0.05, 0.1) is 5.02 Å². The molecule has 0 spiro atoms. The highest BCUT2D eigenvalue weighted by Gasteiger charge is 2.40. The van der Waals surface area contributed by atoms with Gasteiger partial charge in [0, 0.05) is 18.3 Å². The largest absolute Gasteiger partial charge is 0.335 e. The molecule has 0 unspecified atom stereocenters. The lowest BCUT2D eigenvalue weighted by Gasteiger charge is -2.34. The zero-order valence-corrected chi connectivity index (χ0v) is 16.7. The number of nitrogens with one attached hydrogen (secondary N) is 1. The number of carbonyl (C=O) groups excluding carboxylic acids is 2. The van der Waals surface area contributed by atoms with E-state index in [0.717, 1.165) is 5.56 Å². The van der Waals surface area contributed by atoms with Crippen molar-refractivity contribution < 1.29 is 14.0 Å². The molecule has 0 bridgehead atoms. The van der Waals surface area contributed by atoms with Crippen molar-refractivity contribution in [2.45, 2.75) is 40.3 Å². The van der Waals surface area contributed by atoms with Crippen molar-refractivity contribution in [1.82, 2.24) is 4.90 Å². The van der Waals surface area contributed by atoms with Crippen molar-refractivity contribution in [3.63, 3.8) is 0 Å². The number of anilines is 1. The van der Waals surface area contributed by atoms with Gasteiger partial charge in [0.25, 0.3) is 0 Å². The molecule has 0 fully saturated rings. The van der Waals surface area contributed by atoms with E-state index in [1.54, 1.807) is 18.7 Å². The molecule has 0 atom stereocenters. The Morgan fingerprint density at radius 3 is 2.33 bits per heavy atom. The first kappa shape index (κ1) is 20.9. The molecule has 4 nitrogen and oxygen atoms in total. The number of carbonyl (C=O) groups is 2. The summed E-state index contributed by atoms with van der Waals surface area (Å²) in [5.74, 6) is -1.33. The van der Waals surface area contributed by atoms with Crippen molar-refractivity contribution in [2.24, 2.45) is 5.41 Å². The van der Waals surface area contributed by atoms with Crippen LogP contribution in [0, 0.1) is 11.2 Å². The summed E-state index contributed by atoms with van der Waals surface area (Å²) >= 11 is 5.75. The summed E-state index contributed by atoms with van der Waals surface area (Å²) in [7, 11) is 0. The van der Waals surface area contributed by atoms with Crippen LogP contribution in [-0.4, -0.2) is 22.8 Å². The van der Waals surface area contributed by atoms with E-state index in [2.05, 4.69) is 5.32 Å². The summed E-state index contributed by atoms with van der Waals surface area (Å²) in [6.45, 7) is 7.39. The van der Waals surface area contributed by atoms with Gasteiger partial charge in [-0.2, -0.15) is 0 Å². The van der Waals surface area contributed by atoms with Crippen LogP contribution in [0.25, 0.3) is 0 Å². The number of rotatable bonds is 6. The Kier molecular flexibility index (Phi) is 6.60. The molecule has 144 valence electrons. The van der Waals surface area contributed by atoms with E-state index < -0.39 is 17.1 Å². The molecule has 0 aromatic heterocycles. The zero-order chi connectivity index (χ0) is 20.2. The number of nitrogens with zero attached hydrogens (tertiary/aromatic N) is 1. The highest BCUT2D eigenvalue weighted by molar-refractivity contribution is 6.31. The molecular formula is C21H24ClFN2O2. The van der Waals surface area contributed by atoms with Crippen molar-refractivity contribution in [1.29, 1.82) is 0 Å². The lowest BCUT2D eigenvalue weighted by Crippen LogP contribution is -2.49. The summed E-state index contributed by atoms with van der Waals surface area (Å²) in [4.78, 5) is 27.6. The molecule has 2 rings (SSSR count). The molecule has 2 amide bonds. The minimum atomic E-state index is -1.31. The maximum atomic E-state index is 13.3. The van der Waals surface area contributed by atoms with Gasteiger partial charge in [-0.15, -0.1) is 0 Å². The van der Waals surface area contributed by atoms with Crippen LogP contribution in [0.3, 0.4) is 0 Å². The van der Waals surface area contributed by atoms with E-state index in [4.69, 9.17) is 11.6 Å². The average Bonchev–Trinajstić information content (AvgIpc) is 2.62. The van der Waals surface area contributed by atoms with Gasteiger partial charge in [-0.05, 0) is 51.5 Å². The van der Waals surface area contributed by atoms with Crippen molar-refractivity contribution in [3.8, 4) is 0 Å². The predicted octanol–water partition coefficient (Wildman–Crippen LogP) is 4.88. The second-order valence-electron chi connectivity index (χ2n) is 7.22. The van der Waals surface area contributed by atoms with Crippen LogP contribution in [-0.2, 0) is 16.1 Å². The predicted molar refractivity (Wildman–Crippen MR) is 106 cm³/mol. The molecule has 0 heterocycles. The quantitative estimate of drug-likeness (QED) is 0.714. The van der Waals surface area contributed by atoms with Crippen LogP contribution in [0.4, 0.5) is 10.1 Å². The molecule has 0 radical (unpaired) electrons. The van der Waals surface area contributed by atoms with Gasteiger partial charge in [-0.25, -0.2) is 4.39 Å². The Morgan fingerprint density at radius 2 is 1.78 bits per heavy atom. The first-order chi connectivity index (χ1) is 12.6. The van der Waals surface area contributed by atoms with Crippen LogP contribution >= 0.6 is 11.6 Å². The Morgan fingerprint density at radius 1 is 1.15 bits per heavy atom. The molecule has 0 aliphatic carbocycles. The normalized spacial score (nSPS) is 11.4. The third-order valence-electron chi connectivity index (χ3n) is 4.36. The summed E-state index contributed by atoms with van der Waals surface area (Å²) < 4.78 is 13.3. The Bertz CT molecular complexity index is 822. The molecule has 0 saturated heterocycles. The molecule has 0 aliphatic heterocycles. The molecule has 0 saturated carbocycles. The third kappa shape index (κ3) is 5.07. The van der Waals surface area contributed by atoms with Crippen molar-refractivity contribution >= 4 is 29.1 Å². The number of halogens is 2. The minimum Gasteiger partial charge on any atom is -0.335 e. The fourth-order valence-electron chi connectivity index (χ4n) is 2.59. The third-order valence-corrected chi connectivity index (χ3v) is 4.65. The van der Waals surface area contributed by atoms with Crippen LogP contribution in [0.15, 0.2) is 48.5 Å². The second kappa shape index (κ2) is 8.53. The smallest absolute Gasteiger partial charge is 0.239 e. The minimum absolute atomic E-state index is 0.0787. The van der Waals surface area contributed by atoms with Crippen molar-refractivity contribution in [3.05, 3.63) is 64.9 Å². The second-order valence-corrected chi connectivity index (χ2v) is 7.63. The standard InChI is InChI=1S/C21H24ClFN2O2/c1-14(2)25(13-15-8-6-5-7-9-15)20(27)21(3,4)19(26)24-16-10-11-18(23)17(22)12-16/h5-12,14H,13H2,1-4H3,(H,24,26). The fraction of sp³-hybridized carbons (Fsp3) is 0.333. The first-order valence-electron chi connectivity index (χ1n) is 8.74. The van der Waals surface area contributed by atoms with Gasteiger partial charge in [0.15, 0.2) is 0 Å². The van der Waals surface area contributed by atoms with E-state index in [0.29, 0.717) is 12.2 Å². The molecular weight excluding hydrogens is 367 g/mol. The molecule has 2 aromatic rings. The molecule has 1 N–H and O–H groups in total. The van der Waals surface area contributed by atoms with Gasteiger partial charge in [-0.3, -0.25) is 9.59 Å². The highest BCUT2D eigenvalue weighted by atomic mass is 35.5. The topological polar surface area (TPSA) is 49.4 Å². The van der Waals surface area contributed by atoms with E-state index >= 15 is 0 Å². The van der Waals surface area contributed by atoms with Crippen LogP contribution in [0.2, 0.25) is 5.02 Å². The number of hydrogen-bond donors (Lipinski definition) is 1. The van der Waals surface area contributed by atoms with Crippen LogP contribution < -0.4 is 5.32 Å². The highest BCUT2D eigenvalue weighted by Crippen LogP contribution is 2.26. The first-order valence-corrected chi connectivity index (χ1v) is 9.12. The lowest BCUT2D eigenvalue weighted by molar-refractivity contribution is -0.148. The molecule has 2 aromatic carbocycles. The Hall–Kier alpha value is -2.40. The summed E-state index contributed by atoms with van der Waals surface area (Å²) in [6.07, 6.45) is 0. The maximum Gasteiger partial charge on any atom is 0.239 e. The molecule has 6 heteroatoms. The van der Waals surface area contributed by atoms with Crippen LogP contribution in [0.5, 0.6) is 0 Å². The van der Waals surface area contributed by atoms with E-state index in [1.807, 2.05) is 44.2 Å².